The lowest BCUT2D eigenvalue weighted by Gasteiger charge is -2.26. The minimum atomic E-state index is -1.55. The van der Waals surface area contributed by atoms with Crippen LogP contribution in [0.3, 0.4) is 0 Å². The van der Waals surface area contributed by atoms with Crippen molar-refractivity contribution in [3.8, 4) is 0 Å². The summed E-state index contributed by atoms with van der Waals surface area (Å²) in [7, 11) is 0. The number of rotatable bonds is 4. The Kier molecular flexibility index (Phi) is 4.46. The second kappa shape index (κ2) is 5.64. The number of benzene rings is 1. The summed E-state index contributed by atoms with van der Waals surface area (Å²) < 4.78 is 5.12. The molecule has 0 bridgehead atoms. The van der Waals surface area contributed by atoms with Gasteiger partial charge in [-0.15, -0.1) is 0 Å². The van der Waals surface area contributed by atoms with Gasteiger partial charge >= 0.3 is 5.97 Å². The molecule has 1 aromatic carbocycles. The molecular formula is C14H18O3. The van der Waals surface area contributed by atoms with E-state index in [4.69, 9.17) is 4.74 Å². The van der Waals surface area contributed by atoms with Gasteiger partial charge in [-0.3, -0.25) is 0 Å². The lowest BCUT2D eigenvalue weighted by molar-refractivity contribution is -0.211. The van der Waals surface area contributed by atoms with Crippen LogP contribution in [0.5, 0.6) is 0 Å². The lowest BCUT2D eigenvalue weighted by Crippen LogP contribution is -2.30. The molecule has 0 aliphatic heterocycles. The van der Waals surface area contributed by atoms with Crippen LogP contribution < -0.4 is 0 Å². The summed E-state index contributed by atoms with van der Waals surface area (Å²) in [6, 6.07) is 8.91. The summed E-state index contributed by atoms with van der Waals surface area (Å²) in [4.78, 5) is 11.5. The second-order valence-corrected chi connectivity index (χ2v) is 4.15. The van der Waals surface area contributed by atoms with Crippen molar-refractivity contribution in [2.24, 2.45) is 0 Å². The van der Waals surface area contributed by atoms with E-state index in [1.54, 1.807) is 45.0 Å². The molecule has 92 valence electrons. The van der Waals surface area contributed by atoms with E-state index in [-0.39, 0.29) is 0 Å². The van der Waals surface area contributed by atoms with Crippen LogP contribution in [0.2, 0.25) is 0 Å². The fraction of sp³-hybridized carbons (Fsp3) is 0.357. The summed E-state index contributed by atoms with van der Waals surface area (Å²) in [6.07, 6.45) is 1.67. The number of esters is 1. The van der Waals surface area contributed by atoms with Crippen molar-refractivity contribution in [1.29, 1.82) is 0 Å². The zero-order valence-electron chi connectivity index (χ0n) is 10.4. The van der Waals surface area contributed by atoms with Crippen molar-refractivity contribution < 1.29 is 14.6 Å². The molecular weight excluding hydrogens is 216 g/mol. The maximum atomic E-state index is 11.5. The molecule has 0 saturated heterocycles. The van der Waals surface area contributed by atoms with Crippen molar-refractivity contribution in [2.75, 3.05) is 0 Å². The van der Waals surface area contributed by atoms with Gasteiger partial charge in [-0.2, -0.15) is 0 Å². The van der Waals surface area contributed by atoms with E-state index >= 15 is 0 Å². The molecule has 0 saturated carbocycles. The van der Waals surface area contributed by atoms with Crippen molar-refractivity contribution in [3.63, 3.8) is 0 Å². The summed E-state index contributed by atoms with van der Waals surface area (Å²) in [5.74, 6) is -2.08. The van der Waals surface area contributed by atoms with Crippen LogP contribution in [0, 0.1) is 0 Å². The third-order valence-corrected chi connectivity index (χ3v) is 2.38. The van der Waals surface area contributed by atoms with Gasteiger partial charge in [0.1, 0.15) is 0 Å². The number of aliphatic hydroxyl groups is 1. The number of carbonyl (C=O) groups is 1. The maximum Gasteiger partial charge on any atom is 0.333 e. The first kappa shape index (κ1) is 13.5. The highest BCUT2D eigenvalue weighted by Crippen LogP contribution is 2.26. The van der Waals surface area contributed by atoms with Crippen LogP contribution in [-0.4, -0.2) is 11.1 Å². The Hall–Kier alpha value is -1.61. The topological polar surface area (TPSA) is 46.5 Å². The average molecular weight is 234 g/mol. The standard InChI is InChI=1S/C14H18O3/c1-4-14(16,12-8-6-5-7-9-12)17-13(15)10-11(2)3/h5-10,16H,4H2,1-3H3. The third-order valence-electron chi connectivity index (χ3n) is 2.38. The lowest BCUT2D eigenvalue weighted by atomic mass is 10.0. The zero-order chi connectivity index (χ0) is 12.9. The van der Waals surface area contributed by atoms with Gasteiger partial charge in [0.05, 0.1) is 0 Å². The largest absolute Gasteiger partial charge is 0.426 e. The van der Waals surface area contributed by atoms with Crippen LogP contribution in [0.1, 0.15) is 32.8 Å². The molecule has 1 atom stereocenters. The van der Waals surface area contributed by atoms with E-state index in [0.29, 0.717) is 12.0 Å². The van der Waals surface area contributed by atoms with Crippen molar-refractivity contribution in [2.45, 2.75) is 33.0 Å². The van der Waals surface area contributed by atoms with Crippen LogP contribution in [0.25, 0.3) is 0 Å². The van der Waals surface area contributed by atoms with Crippen LogP contribution in [0.4, 0.5) is 0 Å². The summed E-state index contributed by atoms with van der Waals surface area (Å²) in [5, 5.41) is 10.3. The van der Waals surface area contributed by atoms with E-state index < -0.39 is 11.8 Å². The maximum absolute atomic E-state index is 11.5. The molecule has 1 rings (SSSR count). The van der Waals surface area contributed by atoms with Gasteiger partial charge in [0, 0.05) is 18.1 Å². The molecule has 0 aliphatic rings. The molecule has 0 fully saturated rings. The minimum absolute atomic E-state index is 0.305. The molecule has 17 heavy (non-hydrogen) atoms. The summed E-state index contributed by atoms with van der Waals surface area (Å²) in [5.41, 5.74) is 1.42. The highest BCUT2D eigenvalue weighted by molar-refractivity contribution is 5.83. The second-order valence-electron chi connectivity index (χ2n) is 4.15. The molecule has 3 heteroatoms. The normalized spacial score (nSPS) is 13.6. The average Bonchev–Trinajstić information content (AvgIpc) is 2.29. The van der Waals surface area contributed by atoms with Gasteiger partial charge in [-0.25, -0.2) is 4.79 Å². The van der Waals surface area contributed by atoms with Gasteiger partial charge in [-0.05, 0) is 13.8 Å². The van der Waals surface area contributed by atoms with Gasteiger partial charge in [-0.1, -0.05) is 42.8 Å². The molecule has 0 radical (unpaired) electrons. The Labute approximate surface area is 102 Å². The van der Waals surface area contributed by atoms with Gasteiger partial charge in [0.25, 0.3) is 0 Å². The van der Waals surface area contributed by atoms with E-state index in [2.05, 4.69) is 0 Å². The smallest absolute Gasteiger partial charge is 0.333 e. The van der Waals surface area contributed by atoms with Crippen molar-refractivity contribution in [1.82, 2.24) is 0 Å². The molecule has 0 amide bonds. The van der Waals surface area contributed by atoms with Gasteiger partial charge in [0.2, 0.25) is 5.79 Å². The number of allylic oxidation sites excluding steroid dienone is 1. The van der Waals surface area contributed by atoms with Gasteiger partial charge in [0.15, 0.2) is 0 Å². The molecule has 1 N–H and O–H groups in total. The first-order chi connectivity index (χ1) is 7.98. The summed E-state index contributed by atoms with van der Waals surface area (Å²) >= 11 is 0. The van der Waals surface area contributed by atoms with E-state index in [9.17, 15) is 9.90 Å². The first-order valence-electron chi connectivity index (χ1n) is 5.63. The Morgan fingerprint density at radius 1 is 1.35 bits per heavy atom. The Bertz CT molecular complexity index is 405. The van der Waals surface area contributed by atoms with E-state index in [1.165, 1.54) is 6.08 Å². The molecule has 1 aromatic rings. The molecule has 1 unspecified atom stereocenters. The molecule has 0 heterocycles. The third kappa shape index (κ3) is 3.71. The molecule has 0 aromatic heterocycles. The van der Waals surface area contributed by atoms with Crippen LogP contribution in [-0.2, 0) is 15.3 Å². The molecule has 3 nitrogen and oxygen atoms in total. The predicted octanol–water partition coefficient (Wildman–Crippen LogP) is 2.75. The fourth-order valence-corrected chi connectivity index (χ4v) is 1.47. The Morgan fingerprint density at radius 2 is 1.94 bits per heavy atom. The number of hydrogen-bond donors (Lipinski definition) is 1. The van der Waals surface area contributed by atoms with Crippen LogP contribution in [0.15, 0.2) is 42.0 Å². The number of hydrogen-bond acceptors (Lipinski definition) is 3. The highest BCUT2D eigenvalue weighted by atomic mass is 16.7. The molecule has 0 aliphatic carbocycles. The van der Waals surface area contributed by atoms with Crippen molar-refractivity contribution >= 4 is 5.97 Å². The number of ether oxygens (including phenoxy) is 1. The summed E-state index contributed by atoms with van der Waals surface area (Å²) in [6.45, 7) is 5.37. The predicted molar refractivity (Wildman–Crippen MR) is 66.2 cm³/mol. The zero-order valence-corrected chi connectivity index (χ0v) is 10.4. The first-order valence-corrected chi connectivity index (χ1v) is 5.63. The quantitative estimate of drug-likeness (QED) is 0.495. The van der Waals surface area contributed by atoms with Crippen LogP contribution >= 0.6 is 0 Å². The Balaban J connectivity index is 2.91. The van der Waals surface area contributed by atoms with Gasteiger partial charge < -0.3 is 9.84 Å². The van der Waals surface area contributed by atoms with E-state index in [0.717, 1.165) is 5.57 Å². The fourth-order valence-electron chi connectivity index (χ4n) is 1.47. The monoisotopic (exact) mass is 234 g/mol. The molecule has 0 spiro atoms. The highest BCUT2D eigenvalue weighted by Gasteiger charge is 2.30. The van der Waals surface area contributed by atoms with Crippen molar-refractivity contribution in [3.05, 3.63) is 47.5 Å². The Morgan fingerprint density at radius 3 is 2.41 bits per heavy atom. The minimum Gasteiger partial charge on any atom is -0.426 e. The van der Waals surface area contributed by atoms with E-state index in [1.807, 2.05) is 6.07 Å². The SMILES string of the molecule is CCC(O)(OC(=O)C=C(C)C)c1ccccc1. The number of carbonyl (C=O) groups excluding carboxylic acids is 1.